The number of nitrogens with zero attached hydrogens (tertiary/aromatic N) is 1. The van der Waals surface area contributed by atoms with E-state index in [1.54, 1.807) is 0 Å². The largest absolute Gasteiger partial charge is 0.342 e. The van der Waals surface area contributed by atoms with Crippen LogP contribution in [0.2, 0.25) is 0 Å². The van der Waals surface area contributed by atoms with E-state index in [2.05, 4.69) is 18.7 Å². The SMILES string of the molecule is CCCCCCC(CCCC)C(=O)N1CCCCC1. The first-order valence-electron chi connectivity index (χ1n) is 8.58. The van der Waals surface area contributed by atoms with Crippen molar-refractivity contribution in [2.24, 2.45) is 5.92 Å². The molecule has 0 aromatic rings. The second-order valence-corrected chi connectivity index (χ2v) is 6.07. The lowest BCUT2D eigenvalue weighted by Crippen LogP contribution is -2.39. The molecule has 1 unspecified atom stereocenters. The van der Waals surface area contributed by atoms with Crippen molar-refractivity contribution in [3.05, 3.63) is 0 Å². The summed E-state index contributed by atoms with van der Waals surface area (Å²) in [7, 11) is 0. The molecule has 0 bridgehead atoms. The van der Waals surface area contributed by atoms with E-state index in [4.69, 9.17) is 0 Å². The number of rotatable bonds is 9. The number of amides is 1. The van der Waals surface area contributed by atoms with E-state index in [9.17, 15) is 4.79 Å². The summed E-state index contributed by atoms with van der Waals surface area (Å²) in [6.45, 7) is 6.49. The Morgan fingerprint density at radius 1 is 0.895 bits per heavy atom. The number of carbonyl (C=O) groups excluding carboxylic acids is 1. The average Bonchev–Trinajstić information content (AvgIpc) is 2.47. The average molecular weight is 267 g/mol. The Labute approximate surface area is 119 Å². The van der Waals surface area contributed by atoms with Gasteiger partial charge in [0.15, 0.2) is 0 Å². The number of likely N-dealkylation sites (tertiary alicyclic amines) is 1. The summed E-state index contributed by atoms with van der Waals surface area (Å²) in [6.07, 6.45) is 13.5. The summed E-state index contributed by atoms with van der Waals surface area (Å²) in [5, 5.41) is 0. The molecule has 1 heterocycles. The summed E-state index contributed by atoms with van der Waals surface area (Å²) < 4.78 is 0. The highest BCUT2D eigenvalue weighted by atomic mass is 16.2. The molecule has 1 aliphatic rings. The van der Waals surface area contributed by atoms with Gasteiger partial charge in [0.2, 0.25) is 5.91 Å². The van der Waals surface area contributed by atoms with Crippen molar-refractivity contribution in [1.82, 2.24) is 4.90 Å². The van der Waals surface area contributed by atoms with Crippen molar-refractivity contribution in [3.63, 3.8) is 0 Å². The maximum atomic E-state index is 12.6. The predicted molar refractivity (Wildman–Crippen MR) is 82.2 cm³/mol. The molecule has 2 heteroatoms. The second-order valence-electron chi connectivity index (χ2n) is 6.07. The lowest BCUT2D eigenvalue weighted by Gasteiger charge is -2.30. The number of unbranched alkanes of at least 4 members (excludes halogenated alkanes) is 4. The summed E-state index contributed by atoms with van der Waals surface area (Å²) in [5.74, 6) is 0.777. The molecule has 1 fully saturated rings. The molecule has 1 aliphatic heterocycles. The van der Waals surface area contributed by atoms with Crippen LogP contribution < -0.4 is 0 Å². The van der Waals surface area contributed by atoms with Crippen LogP contribution in [0.3, 0.4) is 0 Å². The Bertz CT molecular complexity index is 233. The molecule has 0 aliphatic carbocycles. The maximum Gasteiger partial charge on any atom is 0.225 e. The fourth-order valence-electron chi connectivity index (χ4n) is 3.03. The third-order valence-corrected chi connectivity index (χ3v) is 4.33. The molecule has 1 amide bonds. The summed E-state index contributed by atoms with van der Waals surface area (Å²) in [5.41, 5.74) is 0. The minimum atomic E-state index is 0.315. The van der Waals surface area contributed by atoms with Gasteiger partial charge in [0.25, 0.3) is 0 Å². The monoisotopic (exact) mass is 267 g/mol. The number of hydrogen-bond acceptors (Lipinski definition) is 1. The van der Waals surface area contributed by atoms with Crippen molar-refractivity contribution in [2.75, 3.05) is 13.1 Å². The summed E-state index contributed by atoms with van der Waals surface area (Å²) in [6, 6.07) is 0. The Morgan fingerprint density at radius 3 is 2.16 bits per heavy atom. The molecule has 0 spiro atoms. The van der Waals surface area contributed by atoms with Gasteiger partial charge in [-0.3, -0.25) is 4.79 Å². The van der Waals surface area contributed by atoms with E-state index in [0.29, 0.717) is 11.8 Å². The predicted octanol–water partition coefficient (Wildman–Crippen LogP) is 4.78. The minimum Gasteiger partial charge on any atom is -0.342 e. The van der Waals surface area contributed by atoms with E-state index in [-0.39, 0.29) is 0 Å². The zero-order chi connectivity index (χ0) is 13.9. The van der Waals surface area contributed by atoms with Crippen LogP contribution in [0.1, 0.15) is 84.5 Å². The lowest BCUT2D eigenvalue weighted by molar-refractivity contribution is -0.137. The van der Waals surface area contributed by atoms with E-state index >= 15 is 0 Å². The first kappa shape index (κ1) is 16.5. The molecule has 1 rings (SSSR count). The Balaban J connectivity index is 2.38. The van der Waals surface area contributed by atoms with Crippen LogP contribution in [-0.2, 0) is 4.79 Å². The highest BCUT2D eigenvalue weighted by Gasteiger charge is 2.24. The molecule has 1 atom stereocenters. The molecule has 0 radical (unpaired) electrons. The third kappa shape index (κ3) is 6.44. The molecule has 0 aromatic carbocycles. The van der Waals surface area contributed by atoms with Crippen molar-refractivity contribution in [2.45, 2.75) is 84.5 Å². The van der Waals surface area contributed by atoms with Gasteiger partial charge in [0.05, 0.1) is 0 Å². The second kappa shape index (κ2) is 10.3. The smallest absolute Gasteiger partial charge is 0.225 e. The van der Waals surface area contributed by atoms with Crippen molar-refractivity contribution < 1.29 is 4.79 Å². The van der Waals surface area contributed by atoms with Gasteiger partial charge in [-0.05, 0) is 32.1 Å². The first-order chi connectivity index (χ1) is 9.29. The van der Waals surface area contributed by atoms with Crippen molar-refractivity contribution in [1.29, 1.82) is 0 Å². The molecular weight excluding hydrogens is 234 g/mol. The van der Waals surface area contributed by atoms with Gasteiger partial charge in [-0.2, -0.15) is 0 Å². The zero-order valence-corrected chi connectivity index (χ0v) is 13.1. The van der Waals surface area contributed by atoms with Crippen LogP contribution in [0.5, 0.6) is 0 Å². The number of hydrogen-bond donors (Lipinski definition) is 0. The lowest BCUT2D eigenvalue weighted by atomic mass is 9.93. The first-order valence-corrected chi connectivity index (χ1v) is 8.58. The van der Waals surface area contributed by atoms with Crippen LogP contribution in [-0.4, -0.2) is 23.9 Å². The standard InChI is InChI=1S/C17H33NO/c1-3-5-7-9-13-16(12-6-4-2)17(19)18-14-10-8-11-15-18/h16H,3-15H2,1-2H3. The molecule has 0 saturated carbocycles. The van der Waals surface area contributed by atoms with Crippen molar-refractivity contribution >= 4 is 5.91 Å². The van der Waals surface area contributed by atoms with Crippen LogP contribution in [0, 0.1) is 5.92 Å². The molecule has 2 nitrogen and oxygen atoms in total. The normalized spacial score (nSPS) is 17.5. The molecule has 0 N–H and O–H groups in total. The zero-order valence-electron chi connectivity index (χ0n) is 13.1. The van der Waals surface area contributed by atoms with E-state index in [1.807, 2.05) is 0 Å². The van der Waals surface area contributed by atoms with Crippen molar-refractivity contribution in [3.8, 4) is 0 Å². The minimum absolute atomic E-state index is 0.315. The fourth-order valence-corrected chi connectivity index (χ4v) is 3.03. The molecule has 19 heavy (non-hydrogen) atoms. The molecule has 0 aromatic heterocycles. The van der Waals surface area contributed by atoms with Crippen LogP contribution in [0.4, 0.5) is 0 Å². The quantitative estimate of drug-likeness (QED) is 0.551. The van der Waals surface area contributed by atoms with Gasteiger partial charge in [-0.15, -0.1) is 0 Å². The topological polar surface area (TPSA) is 20.3 Å². The van der Waals surface area contributed by atoms with Gasteiger partial charge in [0, 0.05) is 19.0 Å². The maximum absolute atomic E-state index is 12.6. The molecule has 112 valence electrons. The van der Waals surface area contributed by atoms with E-state index in [0.717, 1.165) is 25.9 Å². The van der Waals surface area contributed by atoms with Gasteiger partial charge in [0.1, 0.15) is 0 Å². The third-order valence-electron chi connectivity index (χ3n) is 4.33. The van der Waals surface area contributed by atoms with Gasteiger partial charge in [-0.25, -0.2) is 0 Å². The van der Waals surface area contributed by atoms with E-state index in [1.165, 1.54) is 57.8 Å². The summed E-state index contributed by atoms with van der Waals surface area (Å²) >= 11 is 0. The number of carbonyl (C=O) groups is 1. The van der Waals surface area contributed by atoms with Gasteiger partial charge < -0.3 is 4.90 Å². The molecular formula is C17H33NO. The van der Waals surface area contributed by atoms with Gasteiger partial charge >= 0.3 is 0 Å². The van der Waals surface area contributed by atoms with E-state index < -0.39 is 0 Å². The molecule has 1 saturated heterocycles. The highest BCUT2D eigenvalue weighted by molar-refractivity contribution is 5.78. The van der Waals surface area contributed by atoms with Crippen LogP contribution in [0.15, 0.2) is 0 Å². The van der Waals surface area contributed by atoms with Crippen LogP contribution >= 0.6 is 0 Å². The Hall–Kier alpha value is -0.530. The van der Waals surface area contributed by atoms with Gasteiger partial charge in [-0.1, -0.05) is 52.4 Å². The Kier molecular flexibility index (Phi) is 8.94. The highest BCUT2D eigenvalue weighted by Crippen LogP contribution is 2.22. The Morgan fingerprint density at radius 2 is 1.53 bits per heavy atom. The number of piperidine rings is 1. The van der Waals surface area contributed by atoms with Crippen LogP contribution in [0.25, 0.3) is 0 Å². The summed E-state index contributed by atoms with van der Waals surface area (Å²) in [4.78, 5) is 14.7. The fraction of sp³-hybridized carbons (Fsp3) is 0.941.